The number of ether oxygens (including phenoxy) is 3. The average Bonchev–Trinajstić information content (AvgIpc) is 2.94. The number of carbonyl (C=O) groups excluding carboxylic acids is 1. The fourth-order valence-electron chi connectivity index (χ4n) is 5.01. The highest BCUT2D eigenvalue weighted by atomic mass is 35.5. The molecule has 0 spiro atoms. The van der Waals surface area contributed by atoms with Gasteiger partial charge in [-0.1, -0.05) is 0 Å². The molecular formula is C26H35ClN2O5. The number of likely N-dealkylation sites (N-methyl/N-ethyl adjacent to an activating group) is 1. The van der Waals surface area contributed by atoms with Gasteiger partial charge in [0.1, 0.15) is 0 Å². The average molecular weight is 491 g/mol. The Bertz CT molecular complexity index is 1030. The van der Waals surface area contributed by atoms with Crippen molar-refractivity contribution in [3.8, 4) is 23.0 Å². The summed E-state index contributed by atoms with van der Waals surface area (Å²) in [6.45, 7) is 3.36. The third-order valence-corrected chi connectivity index (χ3v) is 6.90. The van der Waals surface area contributed by atoms with Crippen LogP contribution in [0.15, 0.2) is 24.3 Å². The molecule has 7 nitrogen and oxygen atoms in total. The Labute approximate surface area is 208 Å². The van der Waals surface area contributed by atoms with E-state index in [2.05, 4.69) is 24.1 Å². The number of nitrogens with zero attached hydrogens (tertiary/aromatic N) is 2. The van der Waals surface area contributed by atoms with Crippen molar-refractivity contribution in [3.63, 3.8) is 0 Å². The van der Waals surface area contributed by atoms with Crippen molar-refractivity contribution in [1.29, 1.82) is 0 Å². The molecule has 1 atom stereocenters. The molecule has 2 aromatic carbocycles. The highest BCUT2D eigenvalue weighted by Gasteiger charge is 2.29. The van der Waals surface area contributed by atoms with E-state index in [4.69, 9.17) is 14.2 Å². The third-order valence-electron chi connectivity index (χ3n) is 6.90. The largest absolute Gasteiger partial charge is 0.504 e. The molecule has 0 saturated carbocycles. The van der Waals surface area contributed by atoms with Gasteiger partial charge in [-0.3, -0.25) is 4.79 Å². The number of methoxy groups -OCH3 is 3. The minimum Gasteiger partial charge on any atom is -0.504 e. The maximum atomic E-state index is 12.8. The first-order chi connectivity index (χ1) is 15.9. The minimum atomic E-state index is 0. The molecule has 2 aromatic rings. The fraction of sp³-hybridized carbons (Fsp3) is 0.500. The molecule has 0 radical (unpaired) electrons. The van der Waals surface area contributed by atoms with Gasteiger partial charge in [0.05, 0.1) is 27.8 Å². The van der Waals surface area contributed by atoms with E-state index in [-0.39, 0.29) is 24.1 Å². The van der Waals surface area contributed by atoms with Crippen LogP contribution in [0.3, 0.4) is 0 Å². The van der Waals surface area contributed by atoms with Crippen LogP contribution in [0.1, 0.15) is 34.6 Å². The van der Waals surface area contributed by atoms with Gasteiger partial charge in [0.25, 0.3) is 0 Å². The summed E-state index contributed by atoms with van der Waals surface area (Å²) in [5.74, 6) is 2.76. The maximum Gasteiger partial charge on any atom is 0.227 e. The van der Waals surface area contributed by atoms with Gasteiger partial charge in [-0.25, -0.2) is 0 Å². The van der Waals surface area contributed by atoms with Crippen LogP contribution >= 0.6 is 12.4 Å². The maximum absolute atomic E-state index is 12.8. The second-order valence-corrected chi connectivity index (χ2v) is 9.02. The van der Waals surface area contributed by atoms with Gasteiger partial charge in [-0.05, 0) is 79.4 Å². The molecule has 0 fully saturated rings. The highest BCUT2D eigenvalue weighted by Crippen LogP contribution is 2.42. The number of aromatic hydroxyl groups is 1. The van der Waals surface area contributed by atoms with E-state index in [0.717, 1.165) is 61.5 Å². The summed E-state index contributed by atoms with van der Waals surface area (Å²) in [7, 11) is 7.03. The van der Waals surface area contributed by atoms with E-state index in [1.54, 1.807) is 27.4 Å². The summed E-state index contributed by atoms with van der Waals surface area (Å²) in [5.41, 5.74) is 4.66. The molecular weight excluding hydrogens is 456 g/mol. The summed E-state index contributed by atoms with van der Waals surface area (Å²) in [5, 5.41) is 10.1. The van der Waals surface area contributed by atoms with Crippen molar-refractivity contribution in [2.45, 2.75) is 31.6 Å². The van der Waals surface area contributed by atoms with Crippen LogP contribution < -0.4 is 14.2 Å². The Morgan fingerprint density at radius 1 is 1.00 bits per heavy atom. The van der Waals surface area contributed by atoms with Gasteiger partial charge in [-0.15, -0.1) is 12.4 Å². The number of rotatable bonds is 9. The molecule has 0 aromatic heterocycles. The molecule has 186 valence electrons. The highest BCUT2D eigenvalue weighted by molar-refractivity contribution is 5.85. The predicted molar refractivity (Wildman–Crippen MR) is 134 cm³/mol. The lowest BCUT2D eigenvalue weighted by Crippen LogP contribution is -2.36. The van der Waals surface area contributed by atoms with Crippen molar-refractivity contribution >= 4 is 18.3 Å². The van der Waals surface area contributed by atoms with E-state index in [1.807, 2.05) is 11.0 Å². The topological polar surface area (TPSA) is 71.5 Å². The quantitative estimate of drug-likeness (QED) is 0.580. The van der Waals surface area contributed by atoms with Gasteiger partial charge >= 0.3 is 0 Å². The second-order valence-electron chi connectivity index (χ2n) is 9.02. The van der Waals surface area contributed by atoms with Gasteiger partial charge < -0.3 is 29.1 Å². The normalized spacial score (nSPS) is 16.7. The first-order valence-corrected chi connectivity index (χ1v) is 11.5. The van der Waals surface area contributed by atoms with Crippen molar-refractivity contribution in [3.05, 3.63) is 46.5 Å². The number of carbonyl (C=O) groups is 1. The summed E-state index contributed by atoms with van der Waals surface area (Å²) in [4.78, 5) is 17.1. The Morgan fingerprint density at radius 3 is 2.38 bits per heavy atom. The number of hydrogen-bond donors (Lipinski definition) is 1. The monoisotopic (exact) mass is 490 g/mol. The number of halogens is 1. The molecule has 4 rings (SSSR count). The SMILES string of the molecule is COc1cc2c(cc1O)CC(=O)N(CCCN(C)C[C@H]1Cc3cc(OC)c(OC)cc31)CC2.Cl. The van der Waals surface area contributed by atoms with Crippen LogP contribution in [0.25, 0.3) is 0 Å². The van der Waals surface area contributed by atoms with Crippen LogP contribution in [0.5, 0.6) is 23.0 Å². The second kappa shape index (κ2) is 11.2. The fourth-order valence-corrected chi connectivity index (χ4v) is 5.01. The Hall–Kier alpha value is -2.64. The molecule has 1 aliphatic heterocycles. The zero-order chi connectivity index (χ0) is 23.5. The van der Waals surface area contributed by atoms with Gasteiger partial charge in [-0.2, -0.15) is 0 Å². The number of hydrogen-bond acceptors (Lipinski definition) is 6. The zero-order valence-corrected chi connectivity index (χ0v) is 21.2. The molecule has 34 heavy (non-hydrogen) atoms. The van der Waals surface area contributed by atoms with E-state index in [0.29, 0.717) is 24.6 Å². The standard InChI is InChI=1S/C26H34N2O5.ClH/c1-27(16-20-10-19-13-24(32-3)25(33-4)15-21(19)20)7-5-8-28-9-6-17-12-23(31-2)22(29)11-18(17)14-26(28)30;/h11-13,15,20,29H,5-10,14,16H2,1-4H3;1H/t20-;/m1./s1. The minimum absolute atomic E-state index is 0. The summed E-state index contributed by atoms with van der Waals surface area (Å²) >= 11 is 0. The molecule has 1 heterocycles. The molecule has 0 saturated heterocycles. The zero-order valence-electron chi connectivity index (χ0n) is 20.4. The Morgan fingerprint density at radius 2 is 1.68 bits per heavy atom. The van der Waals surface area contributed by atoms with Crippen LogP contribution in [0.2, 0.25) is 0 Å². The van der Waals surface area contributed by atoms with E-state index in [9.17, 15) is 9.90 Å². The van der Waals surface area contributed by atoms with Crippen LogP contribution in [0, 0.1) is 0 Å². The van der Waals surface area contributed by atoms with Crippen molar-refractivity contribution in [2.24, 2.45) is 0 Å². The lowest BCUT2D eigenvalue weighted by Gasteiger charge is -2.34. The first kappa shape index (κ1) is 26.0. The molecule has 1 amide bonds. The number of amides is 1. The first-order valence-electron chi connectivity index (χ1n) is 11.5. The van der Waals surface area contributed by atoms with Gasteiger partial charge in [0.2, 0.25) is 5.91 Å². The number of phenolic OH excluding ortho intramolecular Hbond substituents is 1. The van der Waals surface area contributed by atoms with Crippen molar-refractivity contribution in [2.75, 3.05) is 54.6 Å². The smallest absolute Gasteiger partial charge is 0.227 e. The molecule has 1 N–H and O–H groups in total. The Balaban J connectivity index is 0.00000324. The number of benzene rings is 2. The number of fused-ring (bicyclic) bond motifs is 2. The number of phenols is 1. The van der Waals surface area contributed by atoms with Gasteiger partial charge in [0, 0.05) is 25.6 Å². The van der Waals surface area contributed by atoms with E-state index >= 15 is 0 Å². The molecule has 1 aliphatic carbocycles. The van der Waals surface area contributed by atoms with Crippen molar-refractivity contribution in [1.82, 2.24) is 9.80 Å². The third kappa shape index (κ3) is 5.36. The summed E-state index contributed by atoms with van der Waals surface area (Å²) in [6.07, 6.45) is 3.09. The molecule has 2 aliphatic rings. The lowest BCUT2D eigenvalue weighted by molar-refractivity contribution is -0.130. The lowest BCUT2D eigenvalue weighted by atomic mass is 9.77. The molecule has 0 unspecified atom stereocenters. The van der Waals surface area contributed by atoms with Gasteiger partial charge in [0.15, 0.2) is 23.0 Å². The van der Waals surface area contributed by atoms with Crippen LogP contribution in [-0.4, -0.2) is 75.4 Å². The van der Waals surface area contributed by atoms with E-state index in [1.165, 1.54) is 11.1 Å². The predicted octanol–water partition coefficient (Wildman–Crippen LogP) is 3.43. The molecule has 8 heteroatoms. The summed E-state index contributed by atoms with van der Waals surface area (Å²) in [6, 6.07) is 7.72. The van der Waals surface area contributed by atoms with Crippen molar-refractivity contribution < 1.29 is 24.1 Å². The molecule has 0 bridgehead atoms. The Kier molecular flexibility index (Phi) is 8.55. The van der Waals surface area contributed by atoms with Crippen LogP contribution in [0.4, 0.5) is 0 Å². The summed E-state index contributed by atoms with van der Waals surface area (Å²) < 4.78 is 16.1. The van der Waals surface area contributed by atoms with E-state index < -0.39 is 0 Å². The van der Waals surface area contributed by atoms with Crippen LogP contribution in [-0.2, 0) is 24.1 Å².